The Labute approximate surface area is 172 Å². The molecule has 0 bridgehead atoms. The number of hydrogen-bond acceptors (Lipinski definition) is 3. The highest BCUT2D eigenvalue weighted by Crippen LogP contribution is 2.28. The third-order valence-corrected chi connectivity index (χ3v) is 5.77. The highest BCUT2D eigenvalue weighted by molar-refractivity contribution is 7.98. The average molecular weight is 424 g/mol. The number of hydrogen-bond donors (Lipinski definition) is 1. The van der Waals surface area contributed by atoms with E-state index in [0.29, 0.717) is 35.4 Å². The summed E-state index contributed by atoms with van der Waals surface area (Å²) in [7, 11) is 0. The van der Waals surface area contributed by atoms with Gasteiger partial charge in [-0.05, 0) is 42.2 Å². The van der Waals surface area contributed by atoms with Crippen molar-refractivity contribution >= 4 is 52.6 Å². The van der Waals surface area contributed by atoms with Crippen molar-refractivity contribution in [2.24, 2.45) is 0 Å². The quantitative estimate of drug-likeness (QED) is 0.731. The summed E-state index contributed by atoms with van der Waals surface area (Å²) in [4.78, 5) is 29.1. The van der Waals surface area contributed by atoms with Crippen LogP contribution >= 0.6 is 35.0 Å². The van der Waals surface area contributed by atoms with Gasteiger partial charge >= 0.3 is 6.03 Å². The van der Waals surface area contributed by atoms with Gasteiger partial charge in [-0.25, -0.2) is 4.79 Å². The van der Waals surface area contributed by atoms with E-state index >= 15 is 0 Å². The predicted molar refractivity (Wildman–Crippen MR) is 111 cm³/mol. The molecule has 1 heterocycles. The fraction of sp³-hybridized carbons (Fsp3) is 0.263. The smallest absolute Gasteiger partial charge is 0.322 e. The standard InChI is InChI=1S/C19H19Cl2N3O2S/c1-27-17-7-6-15(10-16(17)21)22-19(26)24-9-8-23(18(25)12-24)11-13-2-4-14(20)5-3-13/h2-7,10H,8-9,11-12H2,1H3,(H,22,26). The predicted octanol–water partition coefficient (Wildman–Crippen LogP) is 4.59. The summed E-state index contributed by atoms with van der Waals surface area (Å²) in [6, 6.07) is 12.5. The van der Waals surface area contributed by atoms with E-state index in [9.17, 15) is 9.59 Å². The molecule has 3 rings (SSSR count). The highest BCUT2D eigenvalue weighted by atomic mass is 35.5. The van der Waals surface area contributed by atoms with Gasteiger partial charge in [-0.15, -0.1) is 11.8 Å². The van der Waals surface area contributed by atoms with Gasteiger partial charge in [-0.1, -0.05) is 35.3 Å². The van der Waals surface area contributed by atoms with Gasteiger partial charge in [0.2, 0.25) is 5.91 Å². The monoisotopic (exact) mass is 423 g/mol. The molecule has 2 aromatic rings. The molecule has 1 aliphatic heterocycles. The largest absolute Gasteiger partial charge is 0.335 e. The van der Waals surface area contributed by atoms with Crippen LogP contribution in [0.3, 0.4) is 0 Å². The van der Waals surface area contributed by atoms with E-state index in [1.54, 1.807) is 40.9 Å². The Hall–Kier alpha value is -1.89. The molecule has 2 aromatic carbocycles. The Morgan fingerprint density at radius 1 is 1.15 bits per heavy atom. The van der Waals surface area contributed by atoms with Crippen molar-refractivity contribution < 1.29 is 9.59 Å². The number of urea groups is 1. The number of benzene rings is 2. The fourth-order valence-corrected chi connectivity index (χ4v) is 3.80. The molecule has 0 aliphatic carbocycles. The highest BCUT2D eigenvalue weighted by Gasteiger charge is 2.27. The van der Waals surface area contributed by atoms with Gasteiger partial charge in [0.15, 0.2) is 0 Å². The number of rotatable bonds is 4. The first kappa shape index (κ1) is 19.9. The van der Waals surface area contributed by atoms with Gasteiger partial charge in [0, 0.05) is 35.2 Å². The zero-order valence-corrected chi connectivity index (χ0v) is 17.1. The first-order valence-corrected chi connectivity index (χ1v) is 10.4. The molecule has 1 aliphatic rings. The average Bonchev–Trinajstić information content (AvgIpc) is 2.65. The lowest BCUT2D eigenvalue weighted by molar-refractivity contribution is -0.135. The summed E-state index contributed by atoms with van der Waals surface area (Å²) >= 11 is 13.6. The molecule has 5 nitrogen and oxygen atoms in total. The van der Waals surface area contributed by atoms with E-state index in [1.165, 1.54) is 4.90 Å². The normalized spacial score (nSPS) is 14.4. The van der Waals surface area contributed by atoms with Gasteiger partial charge in [-0.2, -0.15) is 0 Å². The number of piperazine rings is 1. The molecule has 0 saturated carbocycles. The second-order valence-electron chi connectivity index (χ2n) is 6.14. The molecule has 0 radical (unpaired) electrons. The minimum atomic E-state index is -0.303. The van der Waals surface area contributed by atoms with Crippen LogP contribution in [-0.2, 0) is 11.3 Å². The molecule has 1 saturated heterocycles. The number of thioether (sulfide) groups is 1. The van der Waals surface area contributed by atoms with Crippen LogP contribution in [0.5, 0.6) is 0 Å². The first-order chi connectivity index (χ1) is 13.0. The van der Waals surface area contributed by atoms with Crippen molar-refractivity contribution in [3.8, 4) is 0 Å². The van der Waals surface area contributed by atoms with Crippen molar-refractivity contribution in [2.75, 3.05) is 31.2 Å². The molecule has 142 valence electrons. The van der Waals surface area contributed by atoms with Crippen LogP contribution in [0.25, 0.3) is 0 Å². The fourth-order valence-electron chi connectivity index (χ4n) is 2.81. The molecule has 3 amide bonds. The van der Waals surface area contributed by atoms with E-state index < -0.39 is 0 Å². The van der Waals surface area contributed by atoms with E-state index in [4.69, 9.17) is 23.2 Å². The molecule has 1 N–H and O–H groups in total. The van der Waals surface area contributed by atoms with Crippen molar-refractivity contribution in [3.63, 3.8) is 0 Å². The van der Waals surface area contributed by atoms with Gasteiger partial charge in [-0.3, -0.25) is 4.79 Å². The SMILES string of the molecule is CSc1ccc(NC(=O)N2CCN(Cc3ccc(Cl)cc3)C(=O)C2)cc1Cl. The number of carbonyl (C=O) groups excluding carboxylic acids is 2. The molecule has 8 heteroatoms. The third-order valence-electron chi connectivity index (χ3n) is 4.30. The second kappa shape index (κ2) is 8.87. The van der Waals surface area contributed by atoms with Crippen molar-refractivity contribution in [3.05, 3.63) is 58.1 Å². The van der Waals surface area contributed by atoms with E-state index in [2.05, 4.69) is 5.32 Å². The topological polar surface area (TPSA) is 52.7 Å². The lowest BCUT2D eigenvalue weighted by Crippen LogP contribution is -2.52. The Balaban J connectivity index is 1.57. The lowest BCUT2D eigenvalue weighted by Gasteiger charge is -2.34. The van der Waals surface area contributed by atoms with Crippen LogP contribution in [-0.4, -0.2) is 47.6 Å². The van der Waals surface area contributed by atoms with Crippen LogP contribution < -0.4 is 5.32 Å². The van der Waals surface area contributed by atoms with Crippen molar-refractivity contribution in [1.82, 2.24) is 9.80 Å². The maximum absolute atomic E-state index is 12.5. The maximum atomic E-state index is 12.5. The Morgan fingerprint density at radius 3 is 2.52 bits per heavy atom. The van der Waals surface area contributed by atoms with Gasteiger partial charge < -0.3 is 15.1 Å². The molecular formula is C19H19Cl2N3O2S. The van der Waals surface area contributed by atoms with Crippen LogP contribution in [0, 0.1) is 0 Å². The van der Waals surface area contributed by atoms with Crippen LogP contribution in [0.15, 0.2) is 47.4 Å². The third kappa shape index (κ3) is 5.09. The summed E-state index contributed by atoms with van der Waals surface area (Å²) in [6.45, 7) is 1.52. The molecule has 0 spiro atoms. The summed E-state index contributed by atoms with van der Waals surface area (Å²) in [5, 5.41) is 4.05. The van der Waals surface area contributed by atoms with E-state index in [1.807, 2.05) is 24.5 Å². The van der Waals surface area contributed by atoms with Crippen LogP contribution in [0.4, 0.5) is 10.5 Å². The number of nitrogens with one attached hydrogen (secondary N) is 1. The molecule has 1 fully saturated rings. The van der Waals surface area contributed by atoms with E-state index in [0.717, 1.165) is 10.5 Å². The second-order valence-corrected chi connectivity index (χ2v) is 7.83. The Morgan fingerprint density at radius 2 is 1.89 bits per heavy atom. The van der Waals surface area contributed by atoms with Gasteiger partial charge in [0.1, 0.15) is 6.54 Å². The summed E-state index contributed by atoms with van der Waals surface area (Å²) in [5.74, 6) is -0.0814. The molecule has 0 aromatic heterocycles. The van der Waals surface area contributed by atoms with Crippen molar-refractivity contribution in [2.45, 2.75) is 11.4 Å². The number of carbonyl (C=O) groups is 2. The first-order valence-electron chi connectivity index (χ1n) is 8.38. The molecule has 0 unspecified atom stereocenters. The zero-order chi connectivity index (χ0) is 19.4. The summed E-state index contributed by atoms with van der Waals surface area (Å²) in [5.41, 5.74) is 1.62. The number of amides is 3. The van der Waals surface area contributed by atoms with Crippen molar-refractivity contribution in [1.29, 1.82) is 0 Å². The number of halogens is 2. The maximum Gasteiger partial charge on any atom is 0.322 e. The summed E-state index contributed by atoms with van der Waals surface area (Å²) < 4.78 is 0. The number of nitrogens with zero attached hydrogens (tertiary/aromatic N) is 2. The minimum absolute atomic E-state index is 0.0516. The number of anilines is 1. The van der Waals surface area contributed by atoms with Crippen LogP contribution in [0.1, 0.15) is 5.56 Å². The summed E-state index contributed by atoms with van der Waals surface area (Å²) in [6.07, 6.45) is 1.94. The Kier molecular flexibility index (Phi) is 6.52. The van der Waals surface area contributed by atoms with Crippen LogP contribution in [0.2, 0.25) is 10.0 Å². The molecule has 27 heavy (non-hydrogen) atoms. The Bertz CT molecular complexity index is 845. The molecular weight excluding hydrogens is 405 g/mol. The van der Waals surface area contributed by atoms with Gasteiger partial charge in [0.25, 0.3) is 0 Å². The molecule has 0 atom stereocenters. The van der Waals surface area contributed by atoms with E-state index in [-0.39, 0.29) is 18.5 Å². The zero-order valence-electron chi connectivity index (χ0n) is 14.7. The minimum Gasteiger partial charge on any atom is -0.335 e. The van der Waals surface area contributed by atoms with Gasteiger partial charge in [0.05, 0.1) is 5.02 Å². The lowest BCUT2D eigenvalue weighted by atomic mass is 10.2.